The van der Waals surface area contributed by atoms with Gasteiger partial charge in [0.1, 0.15) is 16.9 Å². The van der Waals surface area contributed by atoms with Crippen molar-refractivity contribution < 1.29 is 27.0 Å². The van der Waals surface area contributed by atoms with Gasteiger partial charge in [-0.3, -0.25) is 0 Å². The van der Waals surface area contributed by atoms with E-state index >= 15 is 8.78 Å². The molecule has 1 saturated carbocycles. The van der Waals surface area contributed by atoms with Crippen LogP contribution < -0.4 is 5.43 Å². The van der Waals surface area contributed by atoms with Crippen LogP contribution in [0.25, 0.3) is 0 Å². The van der Waals surface area contributed by atoms with Crippen LogP contribution in [0, 0.1) is 28.9 Å². The van der Waals surface area contributed by atoms with Crippen LogP contribution in [0.3, 0.4) is 0 Å². The fourth-order valence-electron chi connectivity index (χ4n) is 5.80. The Morgan fingerprint density at radius 1 is 1.22 bits per heavy atom. The summed E-state index contributed by atoms with van der Waals surface area (Å²) in [6, 6.07) is 12.7. The number of halogens is 2. The quantitative estimate of drug-likeness (QED) is 0.587. The second kappa shape index (κ2) is 9.67. The van der Waals surface area contributed by atoms with Gasteiger partial charge in [-0.25, -0.2) is 22.6 Å². The minimum absolute atomic E-state index is 0.00861. The molecule has 1 saturated heterocycles. The van der Waals surface area contributed by atoms with Crippen LogP contribution in [-0.4, -0.2) is 36.2 Å². The van der Waals surface area contributed by atoms with E-state index < -0.39 is 38.7 Å². The first-order valence-electron chi connectivity index (χ1n) is 12.2. The molecule has 0 bridgehead atoms. The largest absolute Gasteiger partial charge is 0.430 e. The topological polar surface area (TPSA) is 115 Å². The molecule has 2 heterocycles. The van der Waals surface area contributed by atoms with E-state index in [1.807, 2.05) is 6.07 Å². The normalized spacial score (nSPS) is 30.9. The zero-order chi connectivity index (χ0) is 26.4. The SMILES string of the molecule is C[C@H]1CC[C@H](c2ccccc2)S(=O)(=O)N1Cc1cc(F)c([C@]2(C3=NNC(O)O3)C[C@@H](CC#N)C2)cc1F. The molecule has 2 fully saturated rings. The van der Waals surface area contributed by atoms with Gasteiger partial charge < -0.3 is 9.84 Å². The summed E-state index contributed by atoms with van der Waals surface area (Å²) in [6.45, 7) is 1.48. The number of nitrogens with one attached hydrogen (secondary N) is 1. The molecular weight excluding hydrogens is 502 g/mol. The lowest BCUT2D eigenvalue weighted by molar-refractivity contribution is -0.0418. The molecule has 8 nitrogen and oxygen atoms in total. The highest BCUT2D eigenvalue weighted by Gasteiger charge is 2.54. The third-order valence-electron chi connectivity index (χ3n) is 7.74. The van der Waals surface area contributed by atoms with Crippen molar-refractivity contribution in [2.24, 2.45) is 11.0 Å². The molecule has 37 heavy (non-hydrogen) atoms. The number of aliphatic hydroxyl groups excluding tert-OH is 1. The summed E-state index contributed by atoms with van der Waals surface area (Å²) in [5, 5.41) is 22.0. The smallest absolute Gasteiger partial charge is 0.295 e. The zero-order valence-electron chi connectivity index (χ0n) is 20.3. The molecular formula is C26H28F2N4O4S. The number of nitriles is 1. The Kier molecular flexibility index (Phi) is 6.68. The number of benzene rings is 2. The maximum absolute atomic E-state index is 15.6. The van der Waals surface area contributed by atoms with Gasteiger partial charge in [0.15, 0.2) is 0 Å². The Morgan fingerprint density at radius 2 is 1.95 bits per heavy atom. The fourth-order valence-corrected chi connectivity index (χ4v) is 7.98. The molecule has 2 aromatic rings. The summed E-state index contributed by atoms with van der Waals surface area (Å²) in [6.07, 6.45) is 0.517. The van der Waals surface area contributed by atoms with E-state index in [9.17, 15) is 13.5 Å². The molecule has 0 aromatic heterocycles. The fraction of sp³-hybridized carbons (Fsp3) is 0.462. The molecule has 3 aliphatic rings. The Bertz CT molecular complexity index is 1360. The van der Waals surface area contributed by atoms with Gasteiger partial charge in [0, 0.05) is 30.1 Å². The maximum Gasteiger partial charge on any atom is 0.295 e. The lowest BCUT2D eigenvalue weighted by Crippen LogP contribution is -2.49. The second-order valence-corrected chi connectivity index (χ2v) is 12.1. The van der Waals surface area contributed by atoms with Gasteiger partial charge in [-0.1, -0.05) is 30.3 Å². The van der Waals surface area contributed by atoms with E-state index in [1.165, 1.54) is 4.31 Å². The standard InChI is InChI=1S/C26H28F2N4O4S/c1-16-7-8-23(18-5-3-2-4-6-18)37(34,35)32(16)15-19-11-22(28)20(12-21(19)27)26(13-17(14-26)9-10-29)24-30-31-25(33)36-24/h2-6,11-12,16-17,23,25,31,33H,7-9,13-15H2,1H3/t16-,17-,23+,25?,26+/m0/s1. The van der Waals surface area contributed by atoms with Crippen LogP contribution >= 0.6 is 0 Å². The molecule has 2 aliphatic heterocycles. The molecule has 196 valence electrons. The third-order valence-corrected chi connectivity index (χ3v) is 10.1. The highest BCUT2D eigenvalue weighted by molar-refractivity contribution is 7.89. The molecule has 3 atom stereocenters. The number of hydrogen-bond donors (Lipinski definition) is 2. The van der Waals surface area contributed by atoms with E-state index in [0.717, 1.165) is 12.1 Å². The number of sulfonamides is 1. The predicted octanol–water partition coefficient (Wildman–Crippen LogP) is 3.79. The first-order valence-corrected chi connectivity index (χ1v) is 13.8. The Morgan fingerprint density at radius 3 is 2.59 bits per heavy atom. The van der Waals surface area contributed by atoms with Crippen LogP contribution in [0.4, 0.5) is 8.78 Å². The Labute approximate surface area is 214 Å². The van der Waals surface area contributed by atoms with Crippen LogP contribution in [0.1, 0.15) is 61.0 Å². The van der Waals surface area contributed by atoms with Crippen molar-refractivity contribution in [2.75, 3.05) is 0 Å². The van der Waals surface area contributed by atoms with Crippen molar-refractivity contribution in [3.05, 3.63) is 70.8 Å². The molecule has 2 aromatic carbocycles. The summed E-state index contributed by atoms with van der Waals surface area (Å²) < 4.78 is 64.7. The van der Waals surface area contributed by atoms with Crippen molar-refractivity contribution in [3.63, 3.8) is 0 Å². The first-order chi connectivity index (χ1) is 17.7. The zero-order valence-corrected chi connectivity index (χ0v) is 21.1. The van der Waals surface area contributed by atoms with Gasteiger partial charge in [-0.15, -0.1) is 5.10 Å². The monoisotopic (exact) mass is 530 g/mol. The lowest BCUT2D eigenvalue weighted by Gasteiger charge is -2.46. The molecule has 1 unspecified atom stereocenters. The number of hydrazone groups is 1. The van der Waals surface area contributed by atoms with Crippen molar-refractivity contribution in [1.82, 2.24) is 9.73 Å². The summed E-state index contributed by atoms with van der Waals surface area (Å²) in [7, 11) is -3.82. The molecule has 0 spiro atoms. The number of aliphatic hydroxyl groups is 1. The summed E-state index contributed by atoms with van der Waals surface area (Å²) in [5.74, 6) is -1.47. The lowest BCUT2D eigenvalue weighted by atomic mass is 9.57. The Hall–Kier alpha value is -3.07. The van der Waals surface area contributed by atoms with Gasteiger partial charge in [0.05, 0.1) is 11.5 Å². The van der Waals surface area contributed by atoms with Crippen molar-refractivity contribution in [1.29, 1.82) is 5.26 Å². The van der Waals surface area contributed by atoms with Crippen LogP contribution in [0.2, 0.25) is 0 Å². The Balaban J connectivity index is 1.45. The minimum atomic E-state index is -3.82. The summed E-state index contributed by atoms with van der Waals surface area (Å²) >= 11 is 0. The van der Waals surface area contributed by atoms with Gasteiger partial charge >= 0.3 is 0 Å². The first kappa shape index (κ1) is 25.6. The van der Waals surface area contributed by atoms with E-state index in [1.54, 1.807) is 31.2 Å². The summed E-state index contributed by atoms with van der Waals surface area (Å²) in [4.78, 5) is 0. The predicted molar refractivity (Wildman–Crippen MR) is 131 cm³/mol. The average molecular weight is 531 g/mol. The highest BCUT2D eigenvalue weighted by atomic mass is 32.2. The van der Waals surface area contributed by atoms with Crippen LogP contribution in [0.15, 0.2) is 47.6 Å². The van der Waals surface area contributed by atoms with Gasteiger partial charge in [0.25, 0.3) is 6.41 Å². The maximum atomic E-state index is 15.6. The van der Waals surface area contributed by atoms with E-state index in [-0.39, 0.29) is 41.9 Å². The van der Waals surface area contributed by atoms with Crippen molar-refractivity contribution >= 4 is 15.9 Å². The molecule has 5 rings (SSSR count). The van der Waals surface area contributed by atoms with E-state index in [0.29, 0.717) is 31.2 Å². The molecule has 2 N–H and O–H groups in total. The van der Waals surface area contributed by atoms with Gasteiger partial charge in [-0.05, 0) is 56.2 Å². The van der Waals surface area contributed by atoms with Gasteiger partial charge in [-0.2, -0.15) is 9.57 Å². The van der Waals surface area contributed by atoms with Crippen molar-refractivity contribution in [3.8, 4) is 6.07 Å². The highest BCUT2D eigenvalue weighted by Crippen LogP contribution is 2.52. The number of ether oxygens (including phenoxy) is 1. The second-order valence-electron chi connectivity index (χ2n) is 10.1. The molecule has 1 aliphatic carbocycles. The molecule has 11 heteroatoms. The summed E-state index contributed by atoms with van der Waals surface area (Å²) in [5.41, 5.74) is 1.85. The van der Waals surface area contributed by atoms with Crippen LogP contribution in [0.5, 0.6) is 0 Å². The van der Waals surface area contributed by atoms with Gasteiger partial charge in [0.2, 0.25) is 15.9 Å². The van der Waals surface area contributed by atoms with E-state index in [2.05, 4.69) is 16.6 Å². The number of nitrogens with zero attached hydrogens (tertiary/aromatic N) is 3. The van der Waals surface area contributed by atoms with Crippen molar-refractivity contribution in [2.45, 2.75) is 68.7 Å². The van der Waals surface area contributed by atoms with Crippen LogP contribution in [-0.2, 0) is 26.7 Å². The molecule has 0 radical (unpaired) electrons. The molecule has 0 amide bonds. The minimum Gasteiger partial charge on any atom is -0.430 e. The average Bonchev–Trinajstić information content (AvgIpc) is 3.27. The number of rotatable bonds is 6. The number of hydrogen-bond acceptors (Lipinski definition) is 7. The van der Waals surface area contributed by atoms with E-state index in [4.69, 9.17) is 10.00 Å². The third kappa shape index (κ3) is 4.47.